The lowest BCUT2D eigenvalue weighted by atomic mass is 9.71. The van der Waals surface area contributed by atoms with Crippen LogP contribution in [0.5, 0.6) is 0 Å². The summed E-state index contributed by atoms with van der Waals surface area (Å²) < 4.78 is 5.65. The lowest BCUT2D eigenvalue weighted by Gasteiger charge is -2.35. The maximum atomic E-state index is 5.65. The Balaban J connectivity index is 2.25. The van der Waals surface area contributed by atoms with Gasteiger partial charge in [0.15, 0.2) is 0 Å². The second-order valence-electron chi connectivity index (χ2n) is 6.25. The summed E-state index contributed by atoms with van der Waals surface area (Å²) in [6.07, 6.45) is 2.40. The number of allylic oxidation sites excluding steroid dienone is 1. The zero-order chi connectivity index (χ0) is 11.3. The molecule has 3 atom stereocenters. The molecule has 0 spiro atoms. The molecule has 0 N–H and O–H groups in total. The van der Waals surface area contributed by atoms with Crippen LogP contribution in [0.15, 0.2) is 12.2 Å². The van der Waals surface area contributed by atoms with Crippen LogP contribution >= 0.6 is 0 Å². The molecular formula is C14H24O. The van der Waals surface area contributed by atoms with E-state index in [0.29, 0.717) is 10.8 Å². The minimum absolute atomic E-state index is 0.391. The number of hydrogen-bond acceptors (Lipinski definition) is 1. The van der Waals surface area contributed by atoms with Crippen molar-refractivity contribution in [3.8, 4) is 0 Å². The lowest BCUT2D eigenvalue weighted by Crippen LogP contribution is -2.29. The van der Waals surface area contributed by atoms with Crippen molar-refractivity contribution < 1.29 is 4.74 Å². The van der Waals surface area contributed by atoms with Crippen LogP contribution in [0.3, 0.4) is 0 Å². The molecule has 1 saturated heterocycles. The second-order valence-corrected chi connectivity index (χ2v) is 6.25. The van der Waals surface area contributed by atoms with E-state index in [4.69, 9.17) is 4.74 Å². The fourth-order valence-corrected chi connectivity index (χ4v) is 3.76. The predicted molar refractivity (Wildman–Crippen MR) is 63.7 cm³/mol. The van der Waals surface area contributed by atoms with Crippen LogP contribution in [0.1, 0.15) is 40.5 Å². The van der Waals surface area contributed by atoms with E-state index in [-0.39, 0.29) is 0 Å². The first-order valence-electron chi connectivity index (χ1n) is 6.14. The molecule has 86 valence electrons. The molecule has 0 aromatic rings. The molecule has 0 amide bonds. The van der Waals surface area contributed by atoms with E-state index in [1.165, 1.54) is 18.4 Å². The summed E-state index contributed by atoms with van der Waals surface area (Å²) in [5.41, 5.74) is 2.24. The minimum Gasteiger partial charge on any atom is -0.381 e. The molecule has 2 rings (SSSR count). The Kier molecular flexibility index (Phi) is 2.50. The summed E-state index contributed by atoms with van der Waals surface area (Å²) in [7, 11) is 0. The van der Waals surface area contributed by atoms with Crippen LogP contribution in [-0.4, -0.2) is 13.2 Å². The number of hydrogen-bond donors (Lipinski definition) is 0. The van der Waals surface area contributed by atoms with Gasteiger partial charge in [-0.05, 0) is 42.4 Å². The molecule has 15 heavy (non-hydrogen) atoms. The van der Waals surface area contributed by atoms with E-state index < -0.39 is 0 Å². The summed E-state index contributed by atoms with van der Waals surface area (Å²) in [6, 6.07) is 0. The SMILES string of the molecule is C=C(C)C1C2CCOCCC(C)(C)C21C. The Morgan fingerprint density at radius 2 is 1.93 bits per heavy atom. The van der Waals surface area contributed by atoms with Crippen molar-refractivity contribution in [2.45, 2.75) is 40.5 Å². The molecule has 1 nitrogen and oxygen atoms in total. The van der Waals surface area contributed by atoms with E-state index in [2.05, 4.69) is 34.3 Å². The molecule has 1 aliphatic heterocycles. The van der Waals surface area contributed by atoms with Crippen LogP contribution in [0.4, 0.5) is 0 Å². The largest absolute Gasteiger partial charge is 0.381 e. The average molecular weight is 208 g/mol. The van der Waals surface area contributed by atoms with E-state index in [1.807, 2.05) is 0 Å². The highest BCUT2D eigenvalue weighted by Gasteiger charge is 2.67. The van der Waals surface area contributed by atoms with E-state index in [1.54, 1.807) is 0 Å². The van der Waals surface area contributed by atoms with Gasteiger partial charge in [0, 0.05) is 13.2 Å². The van der Waals surface area contributed by atoms with Crippen LogP contribution in [-0.2, 0) is 4.74 Å². The third kappa shape index (κ3) is 1.47. The van der Waals surface area contributed by atoms with Crippen LogP contribution < -0.4 is 0 Å². The first kappa shape index (κ1) is 11.2. The van der Waals surface area contributed by atoms with Gasteiger partial charge >= 0.3 is 0 Å². The number of fused-ring (bicyclic) bond motifs is 1. The number of ether oxygens (including phenoxy) is 1. The minimum atomic E-state index is 0.391. The zero-order valence-corrected chi connectivity index (χ0v) is 10.6. The van der Waals surface area contributed by atoms with E-state index in [0.717, 1.165) is 25.0 Å². The van der Waals surface area contributed by atoms with Crippen LogP contribution in [0.25, 0.3) is 0 Å². The van der Waals surface area contributed by atoms with Gasteiger partial charge in [-0.1, -0.05) is 32.9 Å². The lowest BCUT2D eigenvalue weighted by molar-refractivity contribution is 0.0436. The van der Waals surface area contributed by atoms with Crippen LogP contribution in [0.2, 0.25) is 0 Å². The summed E-state index contributed by atoms with van der Waals surface area (Å²) in [5.74, 6) is 1.54. The van der Waals surface area contributed by atoms with Gasteiger partial charge < -0.3 is 4.74 Å². The summed E-state index contributed by atoms with van der Waals surface area (Å²) in [6.45, 7) is 15.5. The summed E-state index contributed by atoms with van der Waals surface area (Å²) >= 11 is 0. The van der Waals surface area contributed by atoms with Gasteiger partial charge in [-0.25, -0.2) is 0 Å². The molecule has 2 fully saturated rings. The first-order chi connectivity index (χ1) is 6.91. The Morgan fingerprint density at radius 3 is 2.53 bits per heavy atom. The quantitative estimate of drug-likeness (QED) is 0.598. The van der Waals surface area contributed by atoms with Gasteiger partial charge in [-0.2, -0.15) is 0 Å². The molecule has 0 aromatic carbocycles. The predicted octanol–water partition coefficient (Wildman–Crippen LogP) is 3.65. The van der Waals surface area contributed by atoms with Gasteiger partial charge in [0.05, 0.1) is 0 Å². The van der Waals surface area contributed by atoms with Crippen molar-refractivity contribution in [1.29, 1.82) is 0 Å². The molecule has 1 aliphatic carbocycles. The Morgan fingerprint density at radius 1 is 1.27 bits per heavy atom. The summed E-state index contributed by atoms with van der Waals surface area (Å²) in [4.78, 5) is 0. The average Bonchev–Trinajstić information content (AvgIpc) is 2.71. The maximum Gasteiger partial charge on any atom is 0.0471 e. The highest BCUT2D eigenvalue weighted by atomic mass is 16.5. The third-order valence-electron chi connectivity index (χ3n) is 5.14. The van der Waals surface area contributed by atoms with Gasteiger partial charge in [-0.3, -0.25) is 0 Å². The molecule has 1 heterocycles. The molecule has 1 heteroatoms. The van der Waals surface area contributed by atoms with Gasteiger partial charge in [0.25, 0.3) is 0 Å². The standard InChI is InChI=1S/C14H24O/c1-10(2)12-11-6-8-15-9-7-13(3,4)14(11,12)5/h11-12H,1,6-9H2,2-5H3. The van der Waals surface area contributed by atoms with E-state index >= 15 is 0 Å². The van der Waals surface area contributed by atoms with Crippen molar-refractivity contribution in [1.82, 2.24) is 0 Å². The topological polar surface area (TPSA) is 9.23 Å². The zero-order valence-electron chi connectivity index (χ0n) is 10.6. The molecule has 0 aromatic heterocycles. The van der Waals surface area contributed by atoms with Gasteiger partial charge in [0.2, 0.25) is 0 Å². The van der Waals surface area contributed by atoms with Crippen LogP contribution in [0, 0.1) is 22.7 Å². The molecule has 1 saturated carbocycles. The molecule has 0 radical (unpaired) electrons. The third-order valence-corrected chi connectivity index (χ3v) is 5.14. The van der Waals surface area contributed by atoms with Crippen molar-refractivity contribution in [3.05, 3.63) is 12.2 Å². The van der Waals surface area contributed by atoms with Crippen molar-refractivity contribution in [2.24, 2.45) is 22.7 Å². The van der Waals surface area contributed by atoms with Crippen molar-refractivity contribution in [3.63, 3.8) is 0 Å². The summed E-state index contributed by atoms with van der Waals surface area (Å²) in [5, 5.41) is 0. The monoisotopic (exact) mass is 208 g/mol. The highest BCUT2D eigenvalue weighted by Crippen LogP contribution is 2.72. The Hall–Kier alpha value is -0.300. The Labute approximate surface area is 93.9 Å². The van der Waals surface area contributed by atoms with E-state index in [9.17, 15) is 0 Å². The van der Waals surface area contributed by atoms with Gasteiger partial charge in [-0.15, -0.1) is 0 Å². The Bertz CT molecular complexity index is 279. The van der Waals surface area contributed by atoms with Crippen molar-refractivity contribution in [2.75, 3.05) is 13.2 Å². The molecule has 2 aliphatic rings. The maximum absolute atomic E-state index is 5.65. The normalized spacial score (nSPS) is 43.7. The molecular weight excluding hydrogens is 184 g/mol. The van der Waals surface area contributed by atoms with Gasteiger partial charge in [0.1, 0.15) is 0 Å². The molecule has 0 bridgehead atoms. The fraction of sp³-hybridized carbons (Fsp3) is 0.857. The smallest absolute Gasteiger partial charge is 0.0471 e. The molecule has 3 unspecified atom stereocenters. The fourth-order valence-electron chi connectivity index (χ4n) is 3.76. The van der Waals surface area contributed by atoms with Crippen molar-refractivity contribution >= 4 is 0 Å². The first-order valence-corrected chi connectivity index (χ1v) is 6.14. The highest BCUT2D eigenvalue weighted by molar-refractivity contribution is 5.25. The number of rotatable bonds is 1. The second kappa shape index (κ2) is 3.35.